The summed E-state index contributed by atoms with van der Waals surface area (Å²) in [6.45, 7) is 1.98. The number of hydrogen-bond acceptors (Lipinski definition) is 1. The smallest absolute Gasteiger partial charge is 0.253 e. The molecule has 0 saturated heterocycles. The molecule has 0 bridgehead atoms. The minimum atomic E-state index is -0.0695. The van der Waals surface area contributed by atoms with Crippen molar-refractivity contribution >= 4 is 32.7 Å². The fourth-order valence-electron chi connectivity index (χ4n) is 2.39. The lowest BCUT2D eigenvalue weighted by Crippen LogP contribution is -2.26. The Morgan fingerprint density at radius 1 is 1.19 bits per heavy atom. The zero-order chi connectivity index (χ0) is 14.8. The number of hydrogen-bond donors (Lipinski definition) is 2. The highest BCUT2D eigenvalue weighted by Gasteiger charge is 2.15. The Kier molecular flexibility index (Phi) is 3.80. The second-order valence-electron chi connectivity index (χ2n) is 5.00. The van der Waals surface area contributed by atoms with Gasteiger partial charge in [-0.25, -0.2) is 0 Å². The van der Waals surface area contributed by atoms with E-state index < -0.39 is 0 Å². The summed E-state index contributed by atoms with van der Waals surface area (Å²) in [5, 5.41) is 3.98. The molecule has 106 valence electrons. The molecule has 0 aliphatic heterocycles. The van der Waals surface area contributed by atoms with Crippen LogP contribution < -0.4 is 5.32 Å². The lowest BCUT2D eigenvalue weighted by molar-refractivity contribution is 0.0941. The first-order valence-electron chi connectivity index (χ1n) is 6.77. The molecule has 0 fully saturated rings. The van der Waals surface area contributed by atoms with Crippen molar-refractivity contribution in [2.24, 2.45) is 0 Å². The van der Waals surface area contributed by atoms with Crippen LogP contribution in [0.2, 0.25) is 0 Å². The summed E-state index contributed by atoms with van der Waals surface area (Å²) < 4.78 is 1.01. The number of carbonyl (C=O) groups is 1. The Bertz CT molecular complexity index is 794. The van der Waals surface area contributed by atoms with E-state index in [1.165, 1.54) is 0 Å². The van der Waals surface area contributed by atoms with Crippen LogP contribution >= 0.6 is 15.9 Å². The number of para-hydroxylation sites is 1. The number of benzene rings is 2. The fraction of sp³-hybridized carbons (Fsp3) is 0.118. The molecule has 4 heteroatoms. The monoisotopic (exact) mass is 342 g/mol. The second kappa shape index (κ2) is 5.74. The van der Waals surface area contributed by atoms with Crippen molar-refractivity contribution in [2.75, 3.05) is 0 Å². The van der Waals surface area contributed by atoms with Gasteiger partial charge >= 0.3 is 0 Å². The van der Waals surface area contributed by atoms with Crippen molar-refractivity contribution in [3.05, 3.63) is 70.3 Å². The molecule has 3 nitrogen and oxygen atoms in total. The SMILES string of the molecule is CC(NC(=O)c1c[nH]c2ccccc12)c1cccc(Br)c1. The number of halogens is 1. The van der Waals surface area contributed by atoms with Gasteiger partial charge in [0.1, 0.15) is 0 Å². The minimum absolute atomic E-state index is 0.0522. The predicted molar refractivity (Wildman–Crippen MR) is 88.3 cm³/mol. The second-order valence-corrected chi connectivity index (χ2v) is 5.91. The first kappa shape index (κ1) is 13.9. The first-order valence-corrected chi connectivity index (χ1v) is 7.57. The van der Waals surface area contributed by atoms with E-state index in [-0.39, 0.29) is 11.9 Å². The standard InChI is InChI=1S/C17H15BrN2O/c1-11(12-5-4-6-13(18)9-12)20-17(21)15-10-19-16-8-3-2-7-14(15)16/h2-11,19H,1H3,(H,20,21). The molecule has 3 aromatic rings. The van der Waals surface area contributed by atoms with Gasteiger partial charge in [0.2, 0.25) is 0 Å². The first-order chi connectivity index (χ1) is 10.1. The van der Waals surface area contributed by atoms with Crippen molar-refractivity contribution in [1.29, 1.82) is 0 Å². The van der Waals surface area contributed by atoms with Crippen LogP contribution in [0.3, 0.4) is 0 Å². The summed E-state index contributed by atoms with van der Waals surface area (Å²) in [6, 6.07) is 15.7. The van der Waals surface area contributed by atoms with E-state index in [0.29, 0.717) is 5.56 Å². The van der Waals surface area contributed by atoms with E-state index in [2.05, 4.69) is 26.2 Å². The molecular formula is C17H15BrN2O. The number of amides is 1. The molecule has 0 aliphatic carbocycles. The largest absolute Gasteiger partial charge is 0.360 e. The summed E-state index contributed by atoms with van der Waals surface area (Å²) >= 11 is 3.45. The third-order valence-corrected chi connectivity index (χ3v) is 4.02. The van der Waals surface area contributed by atoms with Gasteiger partial charge in [-0.15, -0.1) is 0 Å². The third kappa shape index (κ3) is 2.85. The van der Waals surface area contributed by atoms with Crippen molar-refractivity contribution in [3.63, 3.8) is 0 Å². The molecule has 1 atom stereocenters. The summed E-state index contributed by atoms with van der Waals surface area (Å²) in [5.74, 6) is -0.0695. The average molecular weight is 343 g/mol. The van der Waals surface area contributed by atoms with Crippen molar-refractivity contribution in [2.45, 2.75) is 13.0 Å². The van der Waals surface area contributed by atoms with Gasteiger partial charge in [-0.3, -0.25) is 4.79 Å². The molecule has 1 amide bonds. The van der Waals surface area contributed by atoms with E-state index in [0.717, 1.165) is 20.9 Å². The van der Waals surface area contributed by atoms with Gasteiger partial charge in [0, 0.05) is 21.6 Å². The van der Waals surface area contributed by atoms with Gasteiger partial charge in [-0.05, 0) is 30.7 Å². The van der Waals surface area contributed by atoms with E-state index in [1.807, 2.05) is 55.5 Å². The highest BCUT2D eigenvalue weighted by atomic mass is 79.9. The zero-order valence-electron chi connectivity index (χ0n) is 11.6. The Morgan fingerprint density at radius 2 is 2.00 bits per heavy atom. The summed E-state index contributed by atoms with van der Waals surface area (Å²) in [4.78, 5) is 15.6. The summed E-state index contributed by atoms with van der Waals surface area (Å²) in [7, 11) is 0. The van der Waals surface area contributed by atoms with Gasteiger partial charge in [0.25, 0.3) is 5.91 Å². The minimum Gasteiger partial charge on any atom is -0.360 e. The van der Waals surface area contributed by atoms with Gasteiger partial charge < -0.3 is 10.3 Å². The van der Waals surface area contributed by atoms with Crippen LogP contribution in [0.25, 0.3) is 10.9 Å². The number of aromatic amines is 1. The number of aromatic nitrogens is 1. The zero-order valence-corrected chi connectivity index (χ0v) is 13.1. The Morgan fingerprint density at radius 3 is 2.81 bits per heavy atom. The molecule has 0 aliphatic rings. The molecule has 21 heavy (non-hydrogen) atoms. The number of carbonyl (C=O) groups excluding carboxylic acids is 1. The van der Waals surface area contributed by atoms with E-state index in [4.69, 9.17) is 0 Å². The molecule has 0 saturated carbocycles. The number of H-pyrrole nitrogens is 1. The maximum atomic E-state index is 12.4. The average Bonchev–Trinajstić information content (AvgIpc) is 2.91. The number of nitrogens with one attached hydrogen (secondary N) is 2. The van der Waals surface area contributed by atoms with Crippen LogP contribution in [-0.4, -0.2) is 10.9 Å². The van der Waals surface area contributed by atoms with Gasteiger partial charge in [-0.2, -0.15) is 0 Å². The van der Waals surface area contributed by atoms with Crippen LogP contribution in [-0.2, 0) is 0 Å². The lowest BCUT2D eigenvalue weighted by atomic mass is 10.1. The van der Waals surface area contributed by atoms with Crippen molar-refractivity contribution < 1.29 is 4.79 Å². The Balaban J connectivity index is 1.83. The van der Waals surface area contributed by atoms with Crippen LogP contribution in [0.4, 0.5) is 0 Å². The van der Waals surface area contributed by atoms with Crippen molar-refractivity contribution in [3.8, 4) is 0 Å². The molecule has 0 radical (unpaired) electrons. The number of fused-ring (bicyclic) bond motifs is 1. The van der Waals surface area contributed by atoms with E-state index in [9.17, 15) is 4.79 Å². The molecule has 0 spiro atoms. The van der Waals surface area contributed by atoms with Crippen LogP contribution in [0.1, 0.15) is 28.9 Å². The van der Waals surface area contributed by atoms with Crippen LogP contribution in [0.5, 0.6) is 0 Å². The van der Waals surface area contributed by atoms with E-state index in [1.54, 1.807) is 6.20 Å². The van der Waals surface area contributed by atoms with Gasteiger partial charge in [0.05, 0.1) is 11.6 Å². The number of rotatable bonds is 3. The molecule has 2 N–H and O–H groups in total. The van der Waals surface area contributed by atoms with Crippen LogP contribution in [0.15, 0.2) is 59.2 Å². The highest BCUT2D eigenvalue weighted by Crippen LogP contribution is 2.21. The lowest BCUT2D eigenvalue weighted by Gasteiger charge is -2.14. The van der Waals surface area contributed by atoms with Crippen molar-refractivity contribution in [1.82, 2.24) is 10.3 Å². The van der Waals surface area contributed by atoms with Gasteiger partial charge in [-0.1, -0.05) is 46.3 Å². The Labute approximate surface area is 131 Å². The summed E-state index contributed by atoms with van der Waals surface area (Å²) in [5.41, 5.74) is 2.71. The molecule has 1 heterocycles. The van der Waals surface area contributed by atoms with Crippen LogP contribution in [0, 0.1) is 0 Å². The predicted octanol–water partition coefficient (Wildman–Crippen LogP) is 4.42. The molecule has 3 rings (SSSR count). The molecule has 1 aromatic heterocycles. The maximum Gasteiger partial charge on any atom is 0.253 e. The molecule has 1 unspecified atom stereocenters. The Hall–Kier alpha value is -2.07. The highest BCUT2D eigenvalue weighted by molar-refractivity contribution is 9.10. The molecule has 2 aromatic carbocycles. The quantitative estimate of drug-likeness (QED) is 0.726. The van der Waals surface area contributed by atoms with Gasteiger partial charge in [0.15, 0.2) is 0 Å². The normalized spacial score (nSPS) is 12.3. The fourth-order valence-corrected chi connectivity index (χ4v) is 2.81. The molecular weight excluding hydrogens is 328 g/mol. The maximum absolute atomic E-state index is 12.4. The third-order valence-electron chi connectivity index (χ3n) is 3.53. The van der Waals surface area contributed by atoms with E-state index >= 15 is 0 Å². The topological polar surface area (TPSA) is 44.9 Å². The summed E-state index contributed by atoms with van der Waals surface area (Å²) in [6.07, 6.45) is 1.76.